The Morgan fingerprint density at radius 3 is 1.32 bits per heavy atom. The van der Waals surface area contributed by atoms with Gasteiger partial charge in [0, 0.05) is 0 Å². The van der Waals surface area contributed by atoms with E-state index in [1.165, 1.54) is 71.9 Å². The van der Waals surface area contributed by atoms with Gasteiger partial charge in [-0.15, -0.1) is 0 Å². The van der Waals surface area contributed by atoms with E-state index in [2.05, 4.69) is 152 Å². The van der Waals surface area contributed by atoms with Crippen molar-refractivity contribution >= 4 is 18.1 Å². The summed E-state index contributed by atoms with van der Waals surface area (Å²) in [4.78, 5) is 0. The number of unbranched alkanes of at least 4 members (excludes halogenated alkanes) is 2. The zero-order valence-electron chi connectivity index (χ0n) is 32.3. The monoisotopic (exact) mass is 755 g/mol. The summed E-state index contributed by atoms with van der Waals surface area (Å²) < 4.78 is 1.36. The molecule has 2 atom stereocenters. The van der Waals surface area contributed by atoms with Crippen LogP contribution in [0.1, 0.15) is 121 Å². The molecule has 0 amide bonds. The molecule has 261 valence electrons. The van der Waals surface area contributed by atoms with Gasteiger partial charge in [0.2, 0.25) is 0 Å². The van der Waals surface area contributed by atoms with Crippen LogP contribution in [0.25, 0.3) is 34.4 Å². The Kier molecular flexibility index (Phi) is 12.6. The second-order valence-electron chi connectivity index (χ2n) is 16.3. The van der Waals surface area contributed by atoms with E-state index in [4.69, 9.17) is 0 Å². The number of hydrogen-bond acceptors (Lipinski definition) is 0. The van der Waals surface area contributed by atoms with E-state index in [1.54, 1.807) is 33.4 Å². The molecule has 0 saturated heterocycles. The van der Waals surface area contributed by atoms with Gasteiger partial charge >= 0.3 is 316 Å². The van der Waals surface area contributed by atoms with Crippen LogP contribution in [0, 0.1) is 11.8 Å². The van der Waals surface area contributed by atoms with Crippen molar-refractivity contribution in [1.82, 2.24) is 0 Å². The summed E-state index contributed by atoms with van der Waals surface area (Å²) >= 11 is -2.22. The van der Waals surface area contributed by atoms with Crippen molar-refractivity contribution in [2.24, 2.45) is 11.8 Å². The Labute approximate surface area is 313 Å². The van der Waals surface area contributed by atoms with E-state index in [1.807, 2.05) is 0 Å². The van der Waals surface area contributed by atoms with Gasteiger partial charge in [-0.25, -0.2) is 0 Å². The first kappa shape index (κ1) is 37.2. The van der Waals surface area contributed by atoms with Gasteiger partial charge in [0.1, 0.15) is 0 Å². The minimum atomic E-state index is -2.22. The average molecular weight is 757 g/mol. The fourth-order valence-electron chi connectivity index (χ4n) is 9.02. The van der Waals surface area contributed by atoms with Crippen molar-refractivity contribution in [2.45, 2.75) is 113 Å². The second kappa shape index (κ2) is 16.9. The first-order valence-electron chi connectivity index (χ1n) is 19.9. The summed E-state index contributed by atoms with van der Waals surface area (Å²) in [6, 6.07) is 33.3. The van der Waals surface area contributed by atoms with E-state index in [-0.39, 0.29) is 0 Å². The van der Waals surface area contributed by atoms with Gasteiger partial charge in [0.15, 0.2) is 0 Å². The standard InChI is InChI=1S/2C23H27.C2H7Si.Zr/c2*1-4-5-9-18-15-20-11-8-13-22(23(20)16-18)21-12-7-6-10-19(21)14-17(2)3;1-3-2;/h2*6-8,10-13,15-17H,4-5,9,14H2,1-3H3;3H,1-2H3;. The fraction of sp³-hybridized carbons (Fsp3) is 0.417. The Bertz CT molecular complexity index is 1710. The van der Waals surface area contributed by atoms with E-state index >= 15 is 0 Å². The SMILES string of the molecule is CCCCC1=Cc2c(-c3ccccc3CC(C)C)cccc2[CH]1[Zr]([CH]1C(CCCC)=Cc2c(-c3ccccc3CC(C)C)cccc21)[SiH](C)C. The van der Waals surface area contributed by atoms with Crippen molar-refractivity contribution < 1.29 is 20.9 Å². The molecule has 0 saturated carbocycles. The predicted octanol–water partition coefficient (Wildman–Crippen LogP) is 14.0. The van der Waals surface area contributed by atoms with Crippen LogP contribution < -0.4 is 0 Å². The molecule has 2 aliphatic rings. The third kappa shape index (κ3) is 7.78. The number of rotatable bonds is 15. The molecule has 2 aliphatic carbocycles. The molecule has 0 spiro atoms. The third-order valence-electron chi connectivity index (χ3n) is 11.1. The van der Waals surface area contributed by atoms with Crippen LogP contribution in [0.5, 0.6) is 0 Å². The number of allylic oxidation sites excluding steroid dienone is 2. The zero-order valence-corrected chi connectivity index (χ0v) is 35.9. The number of hydrogen-bond donors (Lipinski definition) is 0. The minimum absolute atomic E-state index is 0.640. The van der Waals surface area contributed by atoms with Crippen molar-refractivity contribution in [3.8, 4) is 22.3 Å². The summed E-state index contributed by atoms with van der Waals surface area (Å²) in [5, 5.41) is 0. The quantitative estimate of drug-likeness (QED) is 0.106. The van der Waals surface area contributed by atoms with Crippen LogP contribution in [0.2, 0.25) is 13.1 Å². The van der Waals surface area contributed by atoms with Gasteiger partial charge in [0.25, 0.3) is 0 Å². The predicted molar refractivity (Wildman–Crippen MR) is 220 cm³/mol. The Morgan fingerprint density at radius 1 is 0.540 bits per heavy atom. The summed E-state index contributed by atoms with van der Waals surface area (Å²) in [6.45, 7) is 19.6. The van der Waals surface area contributed by atoms with Crippen LogP contribution in [-0.4, -0.2) is 5.92 Å². The molecule has 0 aliphatic heterocycles. The average Bonchev–Trinajstić information content (AvgIpc) is 3.65. The first-order valence-corrected chi connectivity index (χ1v) is 29.9. The number of fused-ring (bicyclic) bond motifs is 2. The molecule has 2 unspecified atom stereocenters. The molecular weight excluding hydrogens is 696 g/mol. The summed E-state index contributed by atoms with van der Waals surface area (Å²) in [6.07, 6.45) is 15.3. The molecule has 4 aromatic rings. The van der Waals surface area contributed by atoms with Crippen LogP contribution in [0.4, 0.5) is 0 Å². The van der Waals surface area contributed by atoms with Gasteiger partial charge < -0.3 is 0 Å². The second-order valence-corrected chi connectivity index (χ2v) is 36.4. The normalized spacial score (nSPS) is 16.6. The van der Waals surface area contributed by atoms with E-state index in [0.717, 1.165) is 12.8 Å². The molecule has 0 fully saturated rings. The van der Waals surface area contributed by atoms with Crippen LogP contribution in [0.3, 0.4) is 0 Å². The Balaban J connectivity index is 1.51. The first-order chi connectivity index (χ1) is 24.2. The van der Waals surface area contributed by atoms with Crippen molar-refractivity contribution in [3.05, 3.63) is 129 Å². The molecule has 2 heteroatoms. The van der Waals surface area contributed by atoms with E-state index in [0.29, 0.717) is 19.1 Å². The van der Waals surface area contributed by atoms with Gasteiger partial charge in [-0.3, -0.25) is 0 Å². The molecule has 6 rings (SSSR count). The molecule has 0 bridgehead atoms. The van der Waals surface area contributed by atoms with Crippen molar-refractivity contribution in [1.29, 1.82) is 0 Å². The van der Waals surface area contributed by atoms with Crippen LogP contribution in [-0.2, 0) is 33.8 Å². The topological polar surface area (TPSA) is 0 Å². The van der Waals surface area contributed by atoms with Crippen molar-refractivity contribution in [3.63, 3.8) is 0 Å². The summed E-state index contributed by atoms with van der Waals surface area (Å²) in [5.74, 6) is 0.303. The van der Waals surface area contributed by atoms with E-state index < -0.39 is 26.8 Å². The molecule has 0 nitrogen and oxygen atoms in total. The summed E-state index contributed by atoms with van der Waals surface area (Å²) in [7, 11) is 0. The Morgan fingerprint density at radius 2 is 0.940 bits per heavy atom. The molecular formula is C48H61SiZr. The molecule has 0 aromatic heterocycles. The van der Waals surface area contributed by atoms with Gasteiger partial charge in [0.05, 0.1) is 0 Å². The molecule has 0 radical (unpaired) electrons. The zero-order chi connectivity index (χ0) is 35.4. The molecule has 4 aromatic carbocycles. The maximum absolute atomic E-state index is 2.74. The third-order valence-corrected chi connectivity index (χ3v) is 32.9. The molecule has 0 N–H and O–H groups in total. The van der Waals surface area contributed by atoms with Gasteiger partial charge in [-0.05, 0) is 0 Å². The number of benzene rings is 4. The molecule has 50 heavy (non-hydrogen) atoms. The summed E-state index contributed by atoms with van der Waals surface area (Å²) in [5.41, 5.74) is 18.9. The van der Waals surface area contributed by atoms with Crippen LogP contribution >= 0.6 is 0 Å². The molecule has 0 heterocycles. The van der Waals surface area contributed by atoms with Crippen molar-refractivity contribution in [2.75, 3.05) is 0 Å². The fourth-order valence-corrected chi connectivity index (χ4v) is 31.9. The van der Waals surface area contributed by atoms with E-state index in [9.17, 15) is 0 Å². The van der Waals surface area contributed by atoms with Gasteiger partial charge in [-0.2, -0.15) is 0 Å². The Hall–Kier alpha value is -2.54. The van der Waals surface area contributed by atoms with Gasteiger partial charge in [-0.1, -0.05) is 0 Å². The van der Waals surface area contributed by atoms with Crippen LogP contribution in [0.15, 0.2) is 96.1 Å². The maximum atomic E-state index is 2.74.